The van der Waals surface area contributed by atoms with Crippen molar-refractivity contribution in [2.24, 2.45) is 5.41 Å². The molecule has 2 fully saturated rings. The van der Waals surface area contributed by atoms with Gasteiger partial charge in [0.2, 0.25) is 0 Å². The van der Waals surface area contributed by atoms with Gasteiger partial charge in [0.05, 0.1) is 12.1 Å². The van der Waals surface area contributed by atoms with E-state index in [0.717, 1.165) is 12.8 Å². The quantitative estimate of drug-likeness (QED) is 0.759. The molecule has 2 heterocycles. The van der Waals surface area contributed by atoms with Gasteiger partial charge in [-0.3, -0.25) is 0 Å². The standard InChI is InChI=1S/C13H23N3O3/c1-13(2,3)10-9(15-8-6-14-11(15)17)5-4-7-16(10)12(18)19/h9-10H,4-8H2,1-3H3,(H,14,17)(H,18,19). The van der Waals surface area contributed by atoms with Crippen molar-refractivity contribution in [1.29, 1.82) is 0 Å². The lowest BCUT2D eigenvalue weighted by Crippen LogP contribution is -2.62. The van der Waals surface area contributed by atoms with E-state index in [1.807, 2.05) is 25.7 Å². The topological polar surface area (TPSA) is 72.9 Å². The van der Waals surface area contributed by atoms with Crippen molar-refractivity contribution in [1.82, 2.24) is 15.1 Å². The Balaban J connectivity index is 2.29. The van der Waals surface area contributed by atoms with Gasteiger partial charge >= 0.3 is 12.1 Å². The number of likely N-dealkylation sites (tertiary alicyclic amines) is 1. The van der Waals surface area contributed by atoms with E-state index in [4.69, 9.17) is 0 Å². The Bertz CT molecular complexity index is 378. The summed E-state index contributed by atoms with van der Waals surface area (Å²) in [5, 5.41) is 12.2. The summed E-state index contributed by atoms with van der Waals surface area (Å²) in [6, 6.07) is -0.235. The van der Waals surface area contributed by atoms with Gasteiger partial charge in [0.15, 0.2) is 0 Å². The molecule has 6 heteroatoms. The summed E-state index contributed by atoms with van der Waals surface area (Å²) in [6.45, 7) is 8.01. The molecule has 0 aromatic heterocycles. The Kier molecular flexibility index (Phi) is 3.60. The summed E-state index contributed by atoms with van der Waals surface area (Å²) in [5.41, 5.74) is -0.188. The van der Waals surface area contributed by atoms with Crippen molar-refractivity contribution >= 4 is 12.1 Å². The summed E-state index contributed by atoms with van der Waals surface area (Å²) in [5.74, 6) is 0. The van der Waals surface area contributed by atoms with Gasteiger partial charge in [0.25, 0.3) is 0 Å². The van der Waals surface area contributed by atoms with Crippen molar-refractivity contribution < 1.29 is 14.7 Å². The third-order valence-corrected chi connectivity index (χ3v) is 4.02. The maximum atomic E-state index is 11.9. The van der Waals surface area contributed by atoms with E-state index in [-0.39, 0.29) is 23.5 Å². The number of carbonyl (C=O) groups excluding carboxylic acids is 1. The van der Waals surface area contributed by atoms with Crippen LogP contribution >= 0.6 is 0 Å². The lowest BCUT2D eigenvalue weighted by molar-refractivity contribution is 0.0102. The van der Waals surface area contributed by atoms with Gasteiger partial charge < -0.3 is 20.2 Å². The van der Waals surface area contributed by atoms with Gasteiger partial charge in [-0.25, -0.2) is 9.59 Å². The third-order valence-electron chi connectivity index (χ3n) is 4.02. The maximum absolute atomic E-state index is 11.9. The molecule has 2 rings (SSSR count). The predicted molar refractivity (Wildman–Crippen MR) is 71.1 cm³/mol. The first kappa shape index (κ1) is 14.0. The van der Waals surface area contributed by atoms with Crippen LogP contribution in [0.4, 0.5) is 9.59 Å². The van der Waals surface area contributed by atoms with Crippen LogP contribution in [0.1, 0.15) is 33.6 Å². The molecule has 2 aliphatic rings. The zero-order chi connectivity index (χ0) is 14.2. The third kappa shape index (κ3) is 2.62. The number of carbonyl (C=O) groups is 2. The van der Waals surface area contributed by atoms with E-state index in [9.17, 15) is 14.7 Å². The second kappa shape index (κ2) is 4.90. The zero-order valence-corrected chi connectivity index (χ0v) is 11.8. The fraction of sp³-hybridized carbons (Fsp3) is 0.846. The normalized spacial score (nSPS) is 28.5. The van der Waals surface area contributed by atoms with Crippen LogP contribution in [-0.4, -0.2) is 58.7 Å². The first-order valence-corrected chi connectivity index (χ1v) is 6.86. The molecule has 3 amide bonds. The lowest BCUT2D eigenvalue weighted by atomic mass is 9.77. The van der Waals surface area contributed by atoms with Crippen molar-refractivity contribution in [2.45, 2.75) is 45.7 Å². The summed E-state index contributed by atoms with van der Waals surface area (Å²) >= 11 is 0. The lowest BCUT2D eigenvalue weighted by Gasteiger charge is -2.49. The highest BCUT2D eigenvalue weighted by molar-refractivity contribution is 5.77. The molecule has 2 unspecified atom stereocenters. The van der Waals surface area contributed by atoms with Gasteiger partial charge in [-0.1, -0.05) is 20.8 Å². The largest absolute Gasteiger partial charge is 0.465 e. The number of piperidine rings is 1. The number of hydrogen-bond acceptors (Lipinski definition) is 2. The fourth-order valence-corrected chi connectivity index (χ4v) is 3.36. The molecule has 0 spiro atoms. The Morgan fingerprint density at radius 3 is 2.53 bits per heavy atom. The molecule has 0 saturated carbocycles. The average molecular weight is 269 g/mol. The van der Waals surface area contributed by atoms with Crippen LogP contribution in [-0.2, 0) is 0 Å². The van der Waals surface area contributed by atoms with Crippen LogP contribution in [0.2, 0.25) is 0 Å². The number of carboxylic acid groups (broad SMARTS) is 1. The Morgan fingerprint density at radius 1 is 1.37 bits per heavy atom. The molecular weight excluding hydrogens is 246 g/mol. The molecule has 108 valence electrons. The van der Waals surface area contributed by atoms with Crippen LogP contribution in [0.5, 0.6) is 0 Å². The van der Waals surface area contributed by atoms with Crippen molar-refractivity contribution in [2.75, 3.05) is 19.6 Å². The highest BCUT2D eigenvalue weighted by Gasteiger charge is 2.46. The SMILES string of the molecule is CC(C)(C)C1C(N2CCNC2=O)CCCN1C(=O)O. The smallest absolute Gasteiger partial charge is 0.407 e. The number of hydrogen-bond donors (Lipinski definition) is 2. The Hall–Kier alpha value is -1.46. The van der Waals surface area contributed by atoms with Crippen LogP contribution in [0.25, 0.3) is 0 Å². The molecule has 2 aliphatic heterocycles. The van der Waals surface area contributed by atoms with Crippen molar-refractivity contribution in [3.05, 3.63) is 0 Å². The van der Waals surface area contributed by atoms with Crippen LogP contribution in [0, 0.1) is 5.41 Å². The maximum Gasteiger partial charge on any atom is 0.407 e. The summed E-state index contributed by atoms with van der Waals surface area (Å²) in [4.78, 5) is 26.7. The predicted octanol–water partition coefficient (Wildman–Crippen LogP) is 1.57. The molecule has 19 heavy (non-hydrogen) atoms. The van der Waals surface area contributed by atoms with Crippen molar-refractivity contribution in [3.63, 3.8) is 0 Å². The molecule has 0 bridgehead atoms. The highest BCUT2D eigenvalue weighted by atomic mass is 16.4. The molecule has 0 aromatic rings. The minimum Gasteiger partial charge on any atom is -0.465 e. The van der Waals surface area contributed by atoms with Gasteiger partial charge in [-0.2, -0.15) is 0 Å². The second-order valence-electron chi connectivity index (χ2n) is 6.42. The summed E-state index contributed by atoms with van der Waals surface area (Å²) in [7, 11) is 0. The fourth-order valence-electron chi connectivity index (χ4n) is 3.36. The van der Waals surface area contributed by atoms with E-state index in [0.29, 0.717) is 19.6 Å². The molecule has 2 N–H and O–H groups in total. The van der Waals surface area contributed by atoms with Crippen molar-refractivity contribution in [3.8, 4) is 0 Å². The van der Waals surface area contributed by atoms with E-state index >= 15 is 0 Å². The molecule has 0 aliphatic carbocycles. The molecular formula is C13H23N3O3. The number of rotatable bonds is 1. The molecule has 0 aromatic carbocycles. The summed E-state index contributed by atoms with van der Waals surface area (Å²) in [6.07, 6.45) is 0.802. The van der Waals surface area contributed by atoms with Crippen LogP contribution < -0.4 is 5.32 Å². The molecule has 2 atom stereocenters. The number of amides is 3. The van der Waals surface area contributed by atoms with E-state index in [1.54, 1.807) is 0 Å². The Morgan fingerprint density at radius 2 is 2.05 bits per heavy atom. The highest BCUT2D eigenvalue weighted by Crippen LogP contribution is 2.35. The summed E-state index contributed by atoms with van der Waals surface area (Å²) < 4.78 is 0. The molecule has 6 nitrogen and oxygen atoms in total. The molecule has 2 saturated heterocycles. The first-order valence-electron chi connectivity index (χ1n) is 6.86. The number of nitrogens with one attached hydrogen (secondary N) is 1. The first-order chi connectivity index (χ1) is 8.82. The van der Waals surface area contributed by atoms with Crippen LogP contribution in [0.15, 0.2) is 0 Å². The van der Waals surface area contributed by atoms with Gasteiger partial charge in [-0.15, -0.1) is 0 Å². The average Bonchev–Trinajstić information content (AvgIpc) is 2.73. The number of nitrogens with zero attached hydrogens (tertiary/aromatic N) is 2. The number of urea groups is 1. The molecule has 0 radical (unpaired) electrons. The van der Waals surface area contributed by atoms with E-state index < -0.39 is 6.09 Å². The van der Waals surface area contributed by atoms with Gasteiger partial charge in [-0.05, 0) is 18.3 Å². The minimum atomic E-state index is -0.885. The van der Waals surface area contributed by atoms with E-state index in [1.165, 1.54) is 4.90 Å². The van der Waals surface area contributed by atoms with Gasteiger partial charge in [0, 0.05) is 19.6 Å². The van der Waals surface area contributed by atoms with E-state index in [2.05, 4.69) is 5.32 Å². The van der Waals surface area contributed by atoms with Gasteiger partial charge in [0.1, 0.15) is 0 Å². The van der Waals surface area contributed by atoms with Crippen LogP contribution in [0.3, 0.4) is 0 Å². The minimum absolute atomic E-state index is 0.0210. The second-order valence-corrected chi connectivity index (χ2v) is 6.42. The Labute approximate surface area is 113 Å². The monoisotopic (exact) mass is 269 g/mol. The zero-order valence-electron chi connectivity index (χ0n) is 11.8.